The first-order valence-corrected chi connectivity index (χ1v) is 7.39. The predicted octanol–water partition coefficient (Wildman–Crippen LogP) is 4.57. The Morgan fingerprint density at radius 1 is 1.45 bits per heavy atom. The molecule has 1 aromatic heterocycles. The van der Waals surface area contributed by atoms with Gasteiger partial charge in [0.05, 0.1) is 11.0 Å². The van der Waals surface area contributed by atoms with Crippen molar-refractivity contribution >= 4 is 33.0 Å². The zero-order valence-electron chi connectivity index (χ0n) is 10.8. The molecule has 0 saturated heterocycles. The van der Waals surface area contributed by atoms with Crippen molar-refractivity contribution in [1.82, 2.24) is 0 Å². The van der Waals surface area contributed by atoms with Crippen LogP contribution in [0.2, 0.25) is 0 Å². The minimum atomic E-state index is -0.761. The van der Waals surface area contributed by atoms with E-state index in [9.17, 15) is 15.2 Å². The standard InChI is InChI=1S/C13H12BrNO4S/c1-7-5-9(3-4-10(7)14)19-13-11(15(17)18)6-12(20-13)8(2)16/h3-6,8,16H,1-2H3. The fourth-order valence-electron chi connectivity index (χ4n) is 1.58. The molecule has 0 radical (unpaired) electrons. The van der Waals surface area contributed by atoms with Gasteiger partial charge < -0.3 is 9.84 Å². The van der Waals surface area contributed by atoms with Gasteiger partial charge in [-0.3, -0.25) is 10.1 Å². The first-order valence-electron chi connectivity index (χ1n) is 5.78. The lowest BCUT2D eigenvalue weighted by atomic mass is 10.2. The first-order chi connectivity index (χ1) is 9.38. The van der Waals surface area contributed by atoms with Crippen LogP contribution in [-0.4, -0.2) is 10.0 Å². The van der Waals surface area contributed by atoms with Crippen molar-refractivity contribution in [1.29, 1.82) is 0 Å². The number of benzene rings is 1. The average molecular weight is 358 g/mol. The zero-order valence-corrected chi connectivity index (χ0v) is 13.2. The van der Waals surface area contributed by atoms with Crippen LogP contribution in [0.5, 0.6) is 10.8 Å². The lowest BCUT2D eigenvalue weighted by molar-refractivity contribution is -0.385. The van der Waals surface area contributed by atoms with Crippen LogP contribution in [0.25, 0.3) is 0 Å². The molecule has 7 heteroatoms. The van der Waals surface area contributed by atoms with Crippen LogP contribution < -0.4 is 4.74 Å². The number of nitro groups is 1. The summed E-state index contributed by atoms with van der Waals surface area (Å²) in [7, 11) is 0. The predicted molar refractivity (Wildman–Crippen MR) is 80.6 cm³/mol. The summed E-state index contributed by atoms with van der Waals surface area (Å²) in [5, 5.41) is 20.7. The molecule has 1 unspecified atom stereocenters. The Balaban J connectivity index is 2.36. The summed E-state index contributed by atoms with van der Waals surface area (Å²) in [6, 6.07) is 6.67. The van der Waals surface area contributed by atoms with Crippen molar-refractivity contribution in [2.24, 2.45) is 0 Å². The van der Waals surface area contributed by atoms with Crippen molar-refractivity contribution in [2.75, 3.05) is 0 Å². The van der Waals surface area contributed by atoms with E-state index < -0.39 is 11.0 Å². The number of aryl methyl sites for hydroxylation is 1. The van der Waals surface area contributed by atoms with E-state index in [4.69, 9.17) is 4.74 Å². The van der Waals surface area contributed by atoms with Crippen molar-refractivity contribution in [3.8, 4) is 10.8 Å². The highest BCUT2D eigenvalue weighted by Crippen LogP contribution is 2.42. The van der Waals surface area contributed by atoms with Gasteiger partial charge in [0, 0.05) is 15.4 Å². The molecule has 106 valence electrons. The Hall–Kier alpha value is -1.44. The Morgan fingerprint density at radius 2 is 2.15 bits per heavy atom. The van der Waals surface area contributed by atoms with Crippen LogP contribution in [0.1, 0.15) is 23.5 Å². The second-order valence-electron chi connectivity index (χ2n) is 4.27. The number of hydrogen-bond donors (Lipinski definition) is 1. The summed E-state index contributed by atoms with van der Waals surface area (Å²) < 4.78 is 6.52. The van der Waals surface area contributed by atoms with Gasteiger partial charge in [-0.05, 0) is 37.6 Å². The monoisotopic (exact) mass is 357 g/mol. The molecule has 0 bridgehead atoms. The molecule has 1 N–H and O–H groups in total. The Bertz CT molecular complexity index is 654. The van der Waals surface area contributed by atoms with E-state index in [0.717, 1.165) is 21.4 Å². The zero-order chi connectivity index (χ0) is 14.9. The fraction of sp³-hybridized carbons (Fsp3) is 0.231. The SMILES string of the molecule is Cc1cc(Oc2sc(C(C)O)cc2[N+](=O)[O-])ccc1Br. The van der Waals surface area contributed by atoms with Gasteiger partial charge in [0.25, 0.3) is 5.06 Å². The highest BCUT2D eigenvalue weighted by atomic mass is 79.9. The molecule has 0 spiro atoms. The van der Waals surface area contributed by atoms with Crippen LogP contribution in [0.15, 0.2) is 28.7 Å². The number of aliphatic hydroxyl groups excluding tert-OH is 1. The number of halogens is 1. The summed E-state index contributed by atoms with van der Waals surface area (Å²) >= 11 is 4.46. The lowest BCUT2D eigenvalue weighted by Gasteiger charge is -2.05. The van der Waals surface area contributed by atoms with E-state index in [1.165, 1.54) is 6.07 Å². The van der Waals surface area contributed by atoms with Gasteiger partial charge in [-0.2, -0.15) is 0 Å². The number of ether oxygens (including phenoxy) is 1. The largest absolute Gasteiger partial charge is 0.440 e. The van der Waals surface area contributed by atoms with Gasteiger partial charge in [0.1, 0.15) is 5.75 Å². The Labute approximate surface area is 128 Å². The summed E-state index contributed by atoms with van der Waals surface area (Å²) in [4.78, 5) is 11.0. The van der Waals surface area contributed by atoms with Gasteiger partial charge in [-0.1, -0.05) is 27.3 Å². The summed E-state index contributed by atoms with van der Waals surface area (Å²) in [6.07, 6.45) is -0.761. The third-order valence-electron chi connectivity index (χ3n) is 2.65. The summed E-state index contributed by atoms with van der Waals surface area (Å²) in [6.45, 7) is 3.46. The third kappa shape index (κ3) is 3.17. The van der Waals surface area contributed by atoms with Crippen LogP contribution >= 0.6 is 27.3 Å². The van der Waals surface area contributed by atoms with Gasteiger partial charge in [0.2, 0.25) is 0 Å². The maximum atomic E-state index is 11.0. The second kappa shape index (κ2) is 5.90. The highest BCUT2D eigenvalue weighted by Gasteiger charge is 2.23. The minimum absolute atomic E-state index is 0.133. The first kappa shape index (κ1) is 15.0. The molecule has 0 fully saturated rings. The Morgan fingerprint density at radius 3 is 2.70 bits per heavy atom. The van der Waals surface area contributed by atoms with E-state index >= 15 is 0 Å². The molecule has 20 heavy (non-hydrogen) atoms. The summed E-state index contributed by atoms with van der Waals surface area (Å²) in [5.74, 6) is 0.521. The molecule has 5 nitrogen and oxygen atoms in total. The van der Waals surface area contributed by atoms with E-state index in [-0.39, 0.29) is 10.8 Å². The normalized spacial score (nSPS) is 12.2. The molecular weight excluding hydrogens is 346 g/mol. The van der Waals surface area contributed by atoms with Gasteiger partial charge in [-0.25, -0.2) is 0 Å². The number of hydrogen-bond acceptors (Lipinski definition) is 5. The topological polar surface area (TPSA) is 72.6 Å². The molecule has 0 aliphatic heterocycles. The van der Waals surface area contributed by atoms with Crippen LogP contribution in [0.4, 0.5) is 5.69 Å². The van der Waals surface area contributed by atoms with Crippen LogP contribution in [-0.2, 0) is 0 Å². The molecule has 2 aromatic rings. The maximum Gasteiger partial charge on any atom is 0.323 e. The lowest BCUT2D eigenvalue weighted by Crippen LogP contribution is -1.90. The van der Waals surface area contributed by atoms with Crippen molar-refractivity contribution < 1.29 is 14.8 Å². The Kier molecular flexibility index (Phi) is 4.42. The quantitative estimate of drug-likeness (QED) is 0.642. The molecule has 0 saturated carbocycles. The fourth-order valence-corrected chi connectivity index (χ4v) is 2.75. The van der Waals surface area contributed by atoms with Gasteiger partial charge in [-0.15, -0.1) is 0 Å². The number of aliphatic hydroxyl groups is 1. The molecule has 0 aliphatic rings. The molecule has 0 amide bonds. The maximum absolute atomic E-state index is 11.0. The molecule has 1 heterocycles. The van der Waals surface area contributed by atoms with Gasteiger partial charge in [0.15, 0.2) is 0 Å². The van der Waals surface area contributed by atoms with E-state index in [1.54, 1.807) is 19.1 Å². The van der Waals surface area contributed by atoms with E-state index in [2.05, 4.69) is 15.9 Å². The third-order valence-corrected chi connectivity index (χ3v) is 4.71. The van der Waals surface area contributed by atoms with E-state index in [1.807, 2.05) is 13.0 Å². The number of thiophene rings is 1. The number of nitrogens with zero attached hydrogens (tertiary/aromatic N) is 1. The minimum Gasteiger partial charge on any atom is -0.440 e. The molecule has 2 rings (SSSR count). The van der Waals surface area contributed by atoms with Crippen molar-refractivity contribution in [2.45, 2.75) is 20.0 Å². The second-order valence-corrected chi connectivity index (χ2v) is 6.17. The number of rotatable bonds is 4. The van der Waals surface area contributed by atoms with E-state index in [0.29, 0.717) is 10.6 Å². The average Bonchev–Trinajstić information content (AvgIpc) is 2.78. The van der Waals surface area contributed by atoms with Crippen molar-refractivity contribution in [3.63, 3.8) is 0 Å². The van der Waals surface area contributed by atoms with Crippen LogP contribution in [0, 0.1) is 17.0 Å². The van der Waals surface area contributed by atoms with Crippen LogP contribution in [0.3, 0.4) is 0 Å². The summed E-state index contributed by atoms with van der Waals surface area (Å²) in [5.41, 5.74) is 0.837. The highest BCUT2D eigenvalue weighted by molar-refractivity contribution is 9.10. The van der Waals surface area contributed by atoms with Gasteiger partial charge >= 0.3 is 5.69 Å². The smallest absolute Gasteiger partial charge is 0.323 e. The molecule has 1 atom stereocenters. The molecule has 0 aliphatic carbocycles. The molecular formula is C13H12BrNO4S. The molecule has 1 aromatic carbocycles. The van der Waals surface area contributed by atoms with Crippen molar-refractivity contribution in [3.05, 3.63) is 49.3 Å².